The number of carbonyl (C=O) groups is 1. The number of amides is 1. The van der Waals surface area contributed by atoms with Crippen LogP contribution in [0.25, 0.3) is 0 Å². The van der Waals surface area contributed by atoms with Crippen molar-refractivity contribution in [3.63, 3.8) is 0 Å². The number of ether oxygens (including phenoxy) is 3. The van der Waals surface area contributed by atoms with E-state index < -0.39 is 0 Å². The van der Waals surface area contributed by atoms with Gasteiger partial charge in [0, 0.05) is 31.8 Å². The van der Waals surface area contributed by atoms with E-state index in [0.717, 1.165) is 42.1 Å². The fourth-order valence-electron chi connectivity index (χ4n) is 4.04. The zero-order valence-electron chi connectivity index (χ0n) is 19.7. The third-order valence-corrected chi connectivity index (χ3v) is 5.79. The van der Waals surface area contributed by atoms with Crippen molar-refractivity contribution >= 4 is 5.91 Å². The largest absolute Gasteiger partial charge is 0.497 e. The molecule has 1 amide bonds. The second kappa shape index (κ2) is 11.7. The Hall–Kier alpha value is -3.36. The van der Waals surface area contributed by atoms with E-state index in [1.807, 2.05) is 36.4 Å². The highest BCUT2D eigenvalue weighted by Gasteiger charge is 2.20. The first kappa shape index (κ1) is 23.8. The summed E-state index contributed by atoms with van der Waals surface area (Å²) >= 11 is 0. The Kier molecular flexibility index (Phi) is 8.17. The Labute approximate surface area is 199 Å². The zero-order valence-corrected chi connectivity index (χ0v) is 19.7. The minimum atomic E-state index is -0.255. The molecule has 0 saturated carbocycles. The molecule has 1 saturated heterocycles. The summed E-state index contributed by atoms with van der Waals surface area (Å²) in [6.07, 6.45) is 3.48. The van der Waals surface area contributed by atoms with Gasteiger partial charge in [-0.1, -0.05) is 30.3 Å². The molecule has 1 aliphatic heterocycles. The van der Waals surface area contributed by atoms with Crippen LogP contribution in [0, 0.1) is 0 Å². The van der Waals surface area contributed by atoms with Gasteiger partial charge in [-0.25, -0.2) is 4.98 Å². The van der Waals surface area contributed by atoms with Gasteiger partial charge in [0.2, 0.25) is 5.89 Å². The molecule has 0 unspecified atom stereocenters. The summed E-state index contributed by atoms with van der Waals surface area (Å²) in [5.41, 5.74) is 2.41. The smallest absolute Gasteiger partial charge is 0.273 e. The number of carbonyl (C=O) groups excluding carboxylic acids is 1. The molecule has 8 heteroatoms. The van der Waals surface area contributed by atoms with Crippen LogP contribution in [-0.4, -0.2) is 49.3 Å². The highest BCUT2D eigenvalue weighted by Crippen LogP contribution is 2.26. The van der Waals surface area contributed by atoms with Gasteiger partial charge in [0.25, 0.3) is 5.91 Å². The van der Waals surface area contributed by atoms with E-state index in [-0.39, 0.29) is 17.7 Å². The maximum atomic E-state index is 12.5. The van der Waals surface area contributed by atoms with Crippen LogP contribution in [0.1, 0.15) is 40.3 Å². The molecule has 8 nitrogen and oxygen atoms in total. The lowest BCUT2D eigenvalue weighted by Crippen LogP contribution is -2.32. The first-order valence-electron chi connectivity index (χ1n) is 11.5. The van der Waals surface area contributed by atoms with Crippen LogP contribution in [0.5, 0.6) is 11.5 Å². The van der Waals surface area contributed by atoms with E-state index in [2.05, 4.69) is 27.3 Å². The Morgan fingerprint density at radius 3 is 2.71 bits per heavy atom. The van der Waals surface area contributed by atoms with Crippen molar-refractivity contribution in [3.8, 4) is 11.5 Å². The van der Waals surface area contributed by atoms with E-state index in [0.29, 0.717) is 32.1 Å². The average molecular weight is 466 g/mol. The Bertz CT molecular complexity index is 1060. The fraction of sp³-hybridized carbons (Fsp3) is 0.385. The van der Waals surface area contributed by atoms with Crippen LogP contribution in [0.2, 0.25) is 0 Å². The molecule has 0 aliphatic carbocycles. The molecule has 1 N–H and O–H groups in total. The zero-order chi connectivity index (χ0) is 23.8. The predicted molar refractivity (Wildman–Crippen MR) is 127 cm³/mol. The molecule has 1 aliphatic rings. The molecule has 0 spiro atoms. The highest BCUT2D eigenvalue weighted by atomic mass is 16.5. The van der Waals surface area contributed by atoms with Gasteiger partial charge in [0.1, 0.15) is 17.8 Å². The maximum absolute atomic E-state index is 12.5. The van der Waals surface area contributed by atoms with Gasteiger partial charge in [-0.3, -0.25) is 9.69 Å². The molecular formula is C26H31N3O5. The summed E-state index contributed by atoms with van der Waals surface area (Å²) in [4.78, 5) is 19.1. The Balaban J connectivity index is 1.47. The van der Waals surface area contributed by atoms with Gasteiger partial charge >= 0.3 is 0 Å². The number of oxazole rings is 1. The van der Waals surface area contributed by atoms with Gasteiger partial charge in [0.05, 0.1) is 26.9 Å². The topological polar surface area (TPSA) is 86.1 Å². The van der Waals surface area contributed by atoms with Gasteiger partial charge in [-0.2, -0.15) is 0 Å². The molecule has 34 heavy (non-hydrogen) atoms. The average Bonchev–Trinajstić information content (AvgIpc) is 3.55. The van der Waals surface area contributed by atoms with Crippen LogP contribution < -0.4 is 14.8 Å². The summed E-state index contributed by atoms with van der Waals surface area (Å²) in [5.74, 6) is 1.76. The maximum Gasteiger partial charge on any atom is 0.273 e. The number of rotatable bonds is 11. The lowest BCUT2D eigenvalue weighted by molar-refractivity contribution is 0.0853. The van der Waals surface area contributed by atoms with E-state index in [1.165, 1.54) is 6.26 Å². The quantitative estimate of drug-likeness (QED) is 0.461. The summed E-state index contributed by atoms with van der Waals surface area (Å²) in [6.45, 7) is 2.91. The number of methoxy groups -OCH3 is 2. The standard InChI is InChI=1S/C26H31N3O5/c1-31-21-10-11-24(32-2)20(13-21)16-29(15-19-7-4-3-5-8-19)17-25-28-23(18-34-25)26(30)27-14-22-9-6-12-33-22/h3-5,7-8,10-11,13,18,22H,6,9,12,14-17H2,1-2H3,(H,27,30)/t22-/m1/s1. The number of nitrogens with one attached hydrogen (secondary N) is 1. The van der Waals surface area contributed by atoms with Gasteiger partial charge < -0.3 is 23.9 Å². The molecule has 4 rings (SSSR count). The summed E-state index contributed by atoms with van der Waals surface area (Å²) < 4.78 is 22.2. The number of benzene rings is 2. The van der Waals surface area contributed by atoms with E-state index in [1.54, 1.807) is 14.2 Å². The predicted octanol–water partition coefficient (Wildman–Crippen LogP) is 3.80. The summed E-state index contributed by atoms with van der Waals surface area (Å²) in [6, 6.07) is 15.9. The second-order valence-electron chi connectivity index (χ2n) is 8.28. The SMILES string of the molecule is COc1ccc(OC)c(CN(Cc2ccccc2)Cc2nc(C(=O)NC[C@H]3CCCO3)co2)c1. The van der Waals surface area contributed by atoms with Crippen LogP contribution in [-0.2, 0) is 24.4 Å². The summed E-state index contributed by atoms with van der Waals surface area (Å²) in [7, 11) is 3.30. The van der Waals surface area contributed by atoms with Crippen molar-refractivity contribution in [2.24, 2.45) is 0 Å². The normalized spacial score (nSPS) is 15.4. The van der Waals surface area contributed by atoms with Crippen LogP contribution in [0.3, 0.4) is 0 Å². The van der Waals surface area contributed by atoms with Gasteiger partial charge in [-0.15, -0.1) is 0 Å². The van der Waals surface area contributed by atoms with Crippen molar-refractivity contribution in [1.82, 2.24) is 15.2 Å². The molecule has 2 heterocycles. The molecule has 0 radical (unpaired) electrons. The fourth-order valence-corrected chi connectivity index (χ4v) is 4.04. The molecule has 180 valence electrons. The summed E-state index contributed by atoms with van der Waals surface area (Å²) in [5, 5.41) is 2.88. The first-order chi connectivity index (χ1) is 16.6. The van der Waals surface area contributed by atoms with Crippen molar-refractivity contribution in [1.29, 1.82) is 0 Å². The van der Waals surface area contributed by atoms with E-state index >= 15 is 0 Å². The Morgan fingerprint density at radius 2 is 1.97 bits per heavy atom. The third-order valence-electron chi connectivity index (χ3n) is 5.79. The highest BCUT2D eigenvalue weighted by molar-refractivity contribution is 5.91. The molecule has 1 fully saturated rings. The molecule has 2 aromatic carbocycles. The third kappa shape index (κ3) is 6.36. The second-order valence-corrected chi connectivity index (χ2v) is 8.28. The van der Waals surface area contributed by atoms with E-state index in [9.17, 15) is 4.79 Å². The molecule has 1 aromatic heterocycles. The van der Waals surface area contributed by atoms with Gasteiger partial charge in [0.15, 0.2) is 5.69 Å². The minimum Gasteiger partial charge on any atom is -0.497 e. The van der Waals surface area contributed by atoms with Crippen LogP contribution >= 0.6 is 0 Å². The van der Waals surface area contributed by atoms with Gasteiger partial charge in [-0.05, 0) is 36.6 Å². The molecule has 3 aromatic rings. The number of nitrogens with zero attached hydrogens (tertiary/aromatic N) is 2. The lowest BCUT2D eigenvalue weighted by atomic mass is 10.1. The number of hydrogen-bond acceptors (Lipinski definition) is 7. The molecular weight excluding hydrogens is 434 g/mol. The van der Waals surface area contributed by atoms with E-state index in [4.69, 9.17) is 18.6 Å². The van der Waals surface area contributed by atoms with Crippen LogP contribution in [0.4, 0.5) is 0 Å². The first-order valence-corrected chi connectivity index (χ1v) is 11.5. The Morgan fingerprint density at radius 1 is 1.12 bits per heavy atom. The molecule has 1 atom stereocenters. The van der Waals surface area contributed by atoms with Crippen molar-refractivity contribution < 1.29 is 23.4 Å². The monoisotopic (exact) mass is 465 g/mol. The number of hydrogen-bond donors (Lipinski definition) is 1. The number of aromatic nitrogens is 1. The van der Waals surface area contributed by atoms with Crippen molar-refractivity contribution in [3.05, 3.63) is 77.5 Å². The van der Waals surface area contributed by atoms with Crippen LogP contribution in [0.15, 0.2) is 59.2 Å². The van der Waals surface area contributed by atoms with Crippen molar-refractivity contribution in [2.75, 3.05) is 27.4 Å². The minimum absolute atomic E-state index is 0.0783. The molecule has 0 bridgehead atoms. The van der Waals surface area contributed by atoms with Crippen molar-refractivity contribution in [2.45, 2.75) is 38.6 Å². The lowest BCUT2D eigenvalue weighted by Gasteiger charge is -2.22.